The molecule has 118 valence electrons. The Morgan fingerprint density at radius 2 is 2.17 bits per heavy atom. The molecule has 2 N–H and O–H groups in total. The highest BCUT2D eigenvalue weighted by Gasteiger charge is 2.33. The van der Waals surface area contributed by atoms with E-state index in [-0.39, 0.29) is 5.91 Å². The molecule has 0 bridgehead atoms. The number of amides is 1. The number of aromatic nitrogens is 2. The van der Waals surface area contributed by atoms with Crippen molar-refractivity contribution in [2.75, 3.05) is 13.1 Å². The van der Waals surface area contributed by atoms with Gasteiger partial charge in [-0.15, -0.1) is 0 Å². The molecule has 1 fully saturated rings. The Hall–Kier alpha value is -2.29. The van der Waals surface area contributed by atoms with Crippen LogP contribution in [0.2, 0.25) is 5.02 Å². The first-order valence-electron chi connectivity index (χ1n) is 7.36. The van der Waals surface area contributed by atoms with Gasteiger partial charge in [-0.3, -0.25) is 4.79 Å². The summed E-state index contributed by atoms with van der Waals surface area (Å²) in [6.07, 6.45) is 3.98. The molecule has 23 heavy (non-hydrogen) atoms. The fraction of sp³-hybridized carbons (Fsp3) is 0.294. The molecule has 3 rings (SSSR count). The second-order valence-electron chi connectivity index (χ2n) is 5.52. The second kappa shape index (κ2) is 6.45. The van der Waals surface area contributed by atoms with Crippen LogP contribution in [0.1, 0.15) is 29.0 Å². The summed E-state index contributed by atoms with van der Waals surface area (Å²) in [6, 6.07) is 7.20. The van der Waals surface area contributed by atoms with Gasteiger partial charge in [-0.25, -0.2) is 4.98 Å². The molecular weight excluding hydrogens is 314 g/mol. The number of aliphatic hydroxyl groups is 1. The Morgan fingerprint density at radius 3 is 2.83 bits per heavy atom. The van der Waals surface area contributed by atoms with Crippen LogP contribution >= 0.6 is 11.6 Å². The fourth-order valence-corrected chi connectivity index (χ4v) is 2.68. The van der Waals surface area contributed by atoms with Crippen LogP contribution in [0.15, 0.2) is 36.7 Å². The summed E-state index contributed by atoms with van der Waals surface area (Å²) in [5.74, 6) is 6.05. The number of piperidine rings is 1. The molecule has 5 nitrogen and oxygen atoms in total. The van der Waals surface area contributed by atoms with Gasteiger partial charge in [-0.2, -0.15) is 0 Å². The van der Waals surface area contributed by atoms with Gasteiger partial charge in [-0.05, 0) is 18.2 Å². The summed E-state index contributed by atoms with van der Waals surface area (Å²) < 4.78 is 0. The van der Waals surface area contributed by atoms with Crippen molar-refractivity contribution in [3.8, 4) is 11.8 Å². The molecule has 1 aromatic carbocycles. The first-order valence-corrected chi connectivity index (χ1v) is 7.73. The number of nitrogens with zero attached hydrogens (tertiary/aromatic N) is 2. The minimum atomic E-state index is -1.08. The molecule has 6 heteroatoms. The molecule has 1 aromatic heterocycles. The summed E-state index contributed by atoms with van der Waals surface area (Å²) in [5, 5.41) is 11.2. The summed E-state index contributed by atoms with van der Waals surface area (Å²) in [7, 11) is 0. The first-order chi connectivity index (χ1) is 11.1. The van der Waals surface area contributed by atoms with Gasteiger partial charge in [0, 0.05) is 48.9 Å². The third kappa shape index (κ3) is 3.73. The Kier molecular flexibility index (Phi) is 4.37. The topological polar surface area (TPSA) is 69.2 Å². The van der Waals surface area contributed by atoms with E-state index in [9.17, 15) is 9.90 Å². The summed E-state index contributed by atoms with van der Waals surface area (Å²) >= 11 is 5.92. The molecule has 2 aromatic rings. The number of carbonyl (C=O) groups excluding carboxylic acids is 1. The minimum Gasteiger partial charge on any atom is -0.377 e. The zero-order valence-corrected chi connectivity index (χ0v) is 13.2. The lowest BCUT2D eigenvalue weighted by atomic mass is 9.91. The monoisotopic (exact) mass is 329 g/mol. The van der Waals surface area contributed by atoms with E-state index < -0.39 is 5.60 Å². The van der Waals surface area contributed by atoms with Crippen molar-refractivity contribution in [3.63, 3.8) is 0 Å². The van der Waals surface area contributed by atoms with Crippen molar-refractivity contribution in [2.45, 2.75) is 18.4 Å². The van der Waals surface area contributed by atoms with Crippen LogP contribution in [-0.4, -0.2) is 44.6 Å². The molecule has 0 unspecified atom stereocenters. The van der Waals surface area contributed by atoms with E-state index in [2.05, 4.69) is 21.8 Å². The van der Waals surface area contributed by atoms with Gasteiger partial charge in [0.2, 0.25) is 0 Å². The average molecular weight is 330 g/mol. The third-order valence-corrected chi connectivity index (χ3v) is 4.08. The van der Waals surface area contributed by atoms with Crippen LogP contribution < -0.4 is 0 Å². The van der Waals surface area contributed by atoms with Gasteiger partial charge in [-0.1, -0.05) is 29.5 Å². The first kappa shape index (κ1) is 15.6. The average Bonchev–Trinajstić information content (AvgIpc) is 3.08. The zero-order chi connectivity index (χ0) is 16.3. The summed E-state index contributed by atoms with van der Waals surface area (Å²) in [6.45, 7) is 0.889. The Morgan fingerprint density at radius 1 is 1.39 bits per heavy atom. The summed E-state index contributed by atoms with van der Waals surface area (Å²) in [4.78, 5) is 20.6. The number of benzene rings is 1. The van der Waals surface area contributed by atoms with Gasteiger partial charge >= 0.3 is 0 Å². The molecule has 1 amide bonds. The standard InChI is InChI=1S/C17H16ClN3O2/c18-14-3-1-2-13(12-14)4-5-17(23)6-10-21(11-7-17)16(22)15-19-8-9-20-15/h1-3,8-9,12,23H,6-7,10-11H2,(H,19,20). The van der Waals surface area contributed by atoms with Crippen LogP contribution in [-0.2, 0) is 0 Å². The molecule has 1 aliphatic heterocycles. The van der Waals surface area contributed by atoms with E-state index in [0.717, 1.165) is 5.56 Å². The number of H-pyrrole nitrogens is 1. The van der Waals surface area contributed by atoms with E-state index in [1.807, 2.05) is 12.1 Å². The maximum atomic E-state index is 12.2. The highest BCUT2D eigenvalue weighted by atomic mass is 35.5. The normalized spacial score (nSPS) is 16.5. The summed E-state index contributed by atoms with van der Waals surface area (Å²) in [5.41, 5.74) is -0.317. The molecule has 0 spiro atoms. The smallest absolute Gasteiger partial charge is 0.289 e. The largest absolute Gasteiger partial charge is 0.377 e. The predicted octanol–water partition coefficient (Wildman–Crippen LogP) is 2.08. The SMILES string of the molecule is O=C(c1ncc[nH]1)N1CCC(O)(C#Cc2cccc(Cl)c2)CC1. The highest BCUT2D eigenvalue weighted by molar-refractivity contribution is 6.30. The zero-order valence-electron chi connectivity index (χ0n) is 12.4. The molecule has 0 atom stereocenters. The maximum absolute atomic E-state index is 12.2. The van der Waals surface area contributed by atoms with E-state index in [4.69, 9.17) is 11.6 Å². The van der Waals surface area contributed by atoms with Crippen LogP contribution in [0.4, 0.5) is 0 Å². The maximum Gasteiger partial charge on any atom is 0.289 e. The van der Waals surface area contributed by atoms with Crippen molar-refractivity contribution < 1.29 is 9.90 Å². The number of likely N-dealkylation sites (tertiary alicyclic amines) is 1. The number of hydrogen-bond donors (Lipinski definition) is 2. The number of hydrogen-bond acceptors (Lipinski definition) is 3. The Balaban J connectivity index is 1.65. The molecule has 0 aliphatic carbocycles. The molecule has 2 heterocycles. The lowest BCUT2D eigenvalue weighted by Crippen LogP contribution is -2.46. The molecule has 0 saturated carbocycles. The lowest BCUT2D eigenvalue weighted by molar-refractivity contribution is 0.0243. The number of halogens is 1. The van der Waals surface area contributed by atoms with Gasteiger partial charge < -0.3 is 15.0 Å². The van der Waals surface area contributed by atoms with Crippen molar-refractivity contribution in [3.05, 3.63) is 53.1 Å². The second-order valence-corrected chi connectivity index (χ2v) is 5.96. The fourth-order valence-electron chi connectivity index (χ4n) is 2.49. The number of carbonyl (C=O) groups is 1. The van der Waals surface area contributed by atoms with Crippen LogP contribution in [0.25, 0.3) is 0 Å². The van der Waals surface area contributed by atoms with E-state index >= 15 is 0 Å². The van der Waals surface area contributed by atoms with Gasteiger partial charge in [0.1, 0.15) is 5.60 Å². The van der Waals surface area contributed by atoms with E-state index in [1.54, 1.807) is 29.4 Å². The van der Waals surface area contributed by atoms with Crippen LogP contribution in [0.5, 0.6) is 0 Å². The number of nitrogens with one attached hydrogen (secondary N) is 1. The van der Waals surface area contributed by atoms with Gasteiger partial charge in [0.05, 0.1) is 0 Å². The van der Waals surface area contributed by atoms with Crippen molar-refractivity contribution in [2.24, 2.45) is 0 Å². The number of imidazole rings is 1. The van der Waals surface area contributed by atoms with E-state index in [0.29, 0.717) is 36.8 Å². The number of rotatable bonds is 1. The lowest BCUT2D eigenvalue weighted by Gasteiger charge is -2.34. The van der Waals surface area contributed by atoms with Gasteiger partial charge in [0.25, 0.3) is 5.91 Å². The predicted molar refractivity (Wildman–Crippen MR) is 87.0 cm³/mol. The highest BCUT2D eigenvalue weighted by Crippen LogP contribution is 2.22. The van der Waals surface area contributed by atoms with Crippen molar-refractivity contribution in [1.82, 2.24) is 14.9 Å². The molecular formula is C17H16ClN3O2. The minimum absolute atomic E-state index is 0.153. The van der Waals surface area contributed by atoms with Crippen LogP contribution in [0, 0.1) is 11.8 Å². The number of aromatic amines is 1. The van der Waals surface area contributed by atoms with Crippen molar-refractivity contribution >= 4 is 17.5 Å². The third-order valence-electron chi connectivity index (χ3n) is 3.84. The quantitative estimate of drug-likeness (QED) is 0.787. The Labute approximate surface area is 139 Å². The molecule has 0 radical (unpaired) electrons. The molecule has 1 saturated heterocycles. The van der Waals surface area contributed by atoms with E-state index in [1.165, 1.54) is 0 Å². The molecule has 1 aliphatic rings. The van der Waals surface area contributed by atoms with Gasteiger partial charge in [0.15, 0.2) is 5.82 Å². The Bertz CT molecular complexity index is 754. The van der Waals surface area contributed by atoms with Crippen LogP contribution in [0.3, 0.4) is 0 Å². The van der Waals surface area contributed by atoms with Crippen molar-refractivity contribution in [1.29, 1.82) is 0 Å².